The number of sulfonamides is 1. The van der Waals surface area contributed by atoms with Crippen LogP contribution in [-0.4, -0.2) is 27.0 Å². The van der Waals surface area contributed by atoms with E-state index in [2.05, 4.69) is 26.0 Å². The fraction of sp³-hybridized carbons (Fsp3) is 0.174. The maximum absolute atomic E-state index is 13.1. The number of halogens is 2. The molecule has 0 aliphatic carbocycles. The van der Waals surface area contributed by atoms with Crippen LogP contribution in [0, 0.1) is 0 Å². The molecule has 0 aromatic heterocycles. The van der Waals surface area contributed by atoms with Crippen molar-refractivity contribution in [2.24, 2.45) is 0 Å². The Morgan fingerprint density at radius 2 is 1.81 bits per heavy atom. The SMILES string of the molecule is CCOc1ccc(S(=O)(=O)NC(Cc2ccccc2)C(=O)Nc2cccc(Br)c2)cc1Cl. The molecule has 3 rings (SSSR count). The van der Waals surface area contributed by atoms with E-state index in [1.54, 1.807) is 25.1 Å². The average molecular weight is 538 g/mol. The molecule has 168 valence electrons. The monoisotopic (exact) mass is 536 g/mol. The zero-order valence-corrected chi connectivity index (χ0v) is 20.4. The predicted octanol–water partition coefficient (Wildman–Crippen LogP) is 5.03. The molecule has 3 aromatic rings. The number of anilines is 1. The third-order valence-electron chi connectivity index (χ3n) is 4.50. The van der Waals surface area contributed by atoms with Crippen LogP contribution in [-0.2, 0) is 21.2 Å². The van der Waals surface area contributed by atoms with Gasteiger partial charge in [-0.3, -0.25) is 4.79 Å². The van der Waals surface area contributed by atoms with Gasteiger partial charge in [-0.15, -0.1) is 0 Å². The van der Waals surface area contributed by atoms with E-state index in [1.165, 1.54) is 18.2 Å². The van der Waals surface area contributed by atoms with E-state index in [4.69, 9.17) is 16.3 Å². The van der Waals surface area contributed by atoms with Crippen molar-refractivity contribution >= 4 is 49.1 Å². The van der Waals surface area contributed by atoms with Crippen molar-refractivity contribution < 1.29 is 17.9 Å². The van der Waals surface area contributed by atoms with Crippen molar-refractivity contribution in [2.75, 3.05) is 11.9 Å². The second-order valence-corrected chi connectivity index (χ2v) is 9.93. The third kappa shape index (κ3) is 6.56. The molecule has 32 heavy (non-hydrogen) atoms. The summed E-state index contributed by atoms with van der Waals surface area (Å²) in [4.78, 5) is 13.0. The number of nitrogens with one attached hydrogen (secondary N) is 2. The quantitative estimate of drug-likeness (QED) is 0.401. The van der Waals surface area contributed by atoms with Crippen molar-refractivity contribution in [3.8, 4) is 5.75 Å². The molecule has 0 saturated carbocycles. The topological polar surface area (TPSA) is 84.5 Å². The van der Waals surface area contributed by atoms with E-state index in [0.29, 0.717) is 18.0 Å². The van der Waals surface area contributed by atoms with Gasteiger partial charge in [0.25, 0.3) is 0 Å². The molecule has 1 amide bonds. The van der Waals surface area contributed by atoms with Gasteiger partial charge >= 0.3 is 0 Å². The summed E-state index contributed by atoms with van der Waals surface area (Å²) in [5.41, 5.74) is 1.36. The fourth-order valence-electron chi connectivity index (χ4n) is 3.01. The van der Waals surface area contributed by atoms with E-state index in [0.717, 1.165) is 10.0 Å². The predicted molar refractivity (Wildman–Crippen MR) is 130 cm³/mol. The van der Waals surface area contributed by atoms with E-state index in [1.807, 2.05) is 36.4 Å². The van der Waals surface area contributed by atoms with Crippen LogP contribution in [0.3, 0.4) is 0 Å². The lowest BCUT2D eigenvalue weighted by Gasteiger charge is -2.19. The summed E-state index contributed by atoms with van der Waals surface area (Å²) in [5, 5.41) is 2.95. The molecule has 0 aliphatic heterocycles. The maximum atomic E-state index is 13.1. The minimum Gasteiger partial charge on any atom is -0.492 e. The summed E-state index contributed by atoms with van der Waals surface area (Å²) in [6.07, 6.45) is 0.171. The molecular formula is C23H22BrClN2O4S. The molecule has 0 bridgehead atoms. The molecule has 1 unspecified atom stereocenters. The number of amides is 1. The lowest BCUT2D eigenvalue weighted by Crippen LogP contribution is -2.45. The highest BCUT2D eigenvalue weighted by molar-refractivity contribution is 9.10. The summed E-state index contributed by atoms with van der Waals surface area (Å²) < 4.78 is 34.8. The molecule has 0 spiro atoms. The first-order valence-corrected chi connectivity index (χ1v) is 12.5. The molecular weight excluding hydrogens is 516 g/mol. The summed E-state index contributed by atoms with van der Waals surface area (Å²) in [5.74, 6) is -0.0890. The molecule has 0 saturated heterocycles. The van der Waals surface area contributed by atoms with Gasteiger partial charge in [0.05, 0.1) is 16.5 Å². The Kier molecular flexibility index (Phi) is 8.31. The number of rotatable bonds is 9. The lowest BCUT2D eigenvalue weighted by molar-refractivity contribution is -0.117. The van der Waals surface area contributed by atoms with Crippen LogP contribution in [0.25, 0.3) is 0 Å². The van der Waals surface area contributed by atoms with Crippen LogP contribution in [0.1, 0.15) is 12.5 Å². The van der Waals surface area contributed by atoms with Crippen molar-refractivity contribution in [3.63, 3.8) is 0 Å². The molecule has 3 aromatic carbocycles. The van der Waals surface area contributed by atoms with Gasteiger partial charge in [-0.05, 0) is 55.3 Å². The highest BCUT2D eigenvalue weighted by atomic mass is 79.9. The molecule has 2 N–H and O–H groups in total. The number of hydrogen-bond donors (Lipinski definition) is 2. The number of hydrogen-bond acceptors (Lipinski definition) is 4. The maximum Gasteiger partial charge on any atom is 0.242 e. The van der Waals surface area contributed by atoms with Gasteiger partial charge in [0.2, 0.25) is 15.9 Å². The van der Waals surface area contributed by atoms with Gasteiger partial charge in [-0.1, -0.05) is 63.9 Å². The standard InChI is InChI=1S/C23H22BrClN2O4S/c1-2-31-22-12-11-19(15-20(22)25)32(29,30)27-21(13-16-7-4-3-5-8-16)23(28)26-18-10-6-9-17(24)14-18/h3-12,14-15,21,27H,2,13H2,1H3,(H,26,28). The Bertz CT molecular complexity index is 1190. The van der Waals surface area contributed by atoms with Gasteiger partial charge in [0, 0.05) is 10.2 Å². The Morgan fingerprint density at radius 1 is 1.06 bits per heavy atom. The molecule has 0 fully saturated rings. The van der Waals surface area contributed by atoms with Crippen molar-refractivity contribution in [2.45, 2.75) is 24.3 Å². The zero-order chi connectivity index (χ0) is 23.1. The van der Waals surface area contributed by atoms with E-state index in [-0.39, 0.29) is 16.3 Å². The molecule has 1 atom stereocenters. The first kappa shape index (κ1) is 24.3. The Morgan fingerprint density at radius 3 is 2.47 bits per heavy atom. The van der Waals surface area contributed by atoms with Crippen LogP contribution in [0.5, 0.6) is 5.75 Å². The summed E-state index contributed by atoms with van der Waals surface area (Å²) >= 11 is 9.52. The third-order valence-corrected chi connectivity index (χ3v) is 6.76. The number of benzene rings is 3. The number of carbonyl (C=O) groups excluding carboxylic acids is 1. The van der Waals surface area contributed by atoms with Crippen LogP contribution >= 0.6 is 27.5 Å². The molecule has 0 heterocycles. The summed E-state index contributed by atoms with van der Waals surface area (Å²) in [7, 11) is -4.04. The van der Waals surface area contributed by atoms with E-state index >= 15 is 0 Å². The highest BCUT2D eigenvalue weighted by Gasteiger charge is 2.27. The van der Waals surface area contributed by atoms with Gasteiger partial charge < -0.3 is 10.1 Å². The van der Waals surface area contributed by atoms with Crippen molar-refractivity contribution in [1.82, 2.24) is 4.72 Å². The average Bonchev–Trinajstić information content (AvgIpc) is 2.75. The highest BCUT2D eigenvalue weighted by Crippen LogP contribution is 2.27. The largest absolute Gasteiger partial charge is 0.492 e. The summed E-state index contributed by atoms with van der Waals surface area (Å²) in [6.45, 7) is 2.21. The second kappa shape index (κ2) is 11.0. The minimum atomic E-state index is -4.04. The van der Waals surface area contributed by atoms with Crippen LogP contribution in [0.15, 0.2) is 82.2 Å². The van der Waals surface area contributed by atoms with Crippen LogP contribution in [0.4, 0.5) is 5.69 Å². The normalized spacial score (nSPS) is 12.2. The lowest BCUT2D eigenvalue weighted by atomic mass is 10.1. The first-order valence-electron chi connectivity index (χ1n) is 9.83. The van der Waals surface area contributed by atoms with Crippen LogP contribution in [0.2, 0.25) is 5.02 Å². The van der Waals surface area contributed by atoms with Gasteiger partial charge in [0.1, 0.15) is 11.8 Å². The van der Waals surface area contributed by atoms with Gasteiger partial charge in [0.15, 0.2) is 0 Å². The van der Waals surface area contributed by atoms with E-state index in [9.17, 15) is 13.2 Å². The fourth-order valence-corrected chi connectivity index (χ4v) is 4.93. The van der Waals surface area contributed by atoms with Gasteiger partial charge in [-0.25, -0.2) is 8.42 Å². The Balaban J connectivity index is 1.87. The van der Waals surface area contributed by atoms with Crippen molar-refractivity contribution in [3.05, 3.63) is 87.9 Å². The zero-order valence-electron chi connectivity index (χ0n) is 17.2. The Hall–Kier alpha value is -2.39. The number of ether oxygens (including phenoxy) is 1. The number of carbonyl (C=O) groups is 1. The molecule has 0 radical (unpaired) electrons. The summed E-state index contributed by atoms with van der Waals surface area (Å²) in [6, 6.07) is 19.4. The van der Waals surface area contributed by atoms with Crippen molar-refractivity contribution in [1.29, 1.82) is 0 Å². The first-order chi connectivity index (χ1) is 15.3. The molecule has 0 aliphatic rings. The Labute approximate surface area is 201 Å². The van der Waals surface area contributed by atoms with Crippen LogP contribution < -0.4 is 14.8 Å². The molecule has 6 nitrogen and oxygen atoms in total. The molecule has 9 heteroatoms. The minimum absolute atomic E-state index is 0.0562. The smallest absolute Gasteiger partial charge is 0.242 e. The van der Waals surface area contributed by atoms with Gasteiger partial charge in [-0.2, -0.15) is 4.72 Å². The van der Waals surface area contributed by atoms with E-state index < -0.39 is 22.0 Å². The second-order valence-electron chi connectivity index (χ2n) is 6.89.